The number of carboxylic acid groups (broad SMARTS) is 1. The zero-order valence-electron chi connectivity index (χ0n) is 22.8. The molecule has 1 fully saturated rings. The van der Waals surface area contributed by atoms with Crippen molar-refractivity contribution in [1.82, 2.24) is 9.80 Å². The van der Waals surface area contributed by atoms with Gasteiger partial charge in [-0.2, -0.15) is 0 Å². The summed E-state index contributed by atoms with van der Waals surface area (Å²) in [5.74, 6) is -0.940. The van der Waals surface area contributed by atoms with E-state index in [1.807, 2.05) is 20.8 Å². The van der Waals surface area contributed by atoms with Crippen LogP contribution in [-0.2, 0) is 22.6 Å². The van der Waals surface area contributed by atoms with Gasteiger partial charge in [0.25, 0.3) is 0 Å². The van der Waals surface area contributed by atoms with Crippen LogP contribution >= 0.6 is 0 Å². The molecule has 5 nitrogen and oxygen atoms in total. The van der Waals surface area contributed by atoms with Gasteiger partial charge in [-0.25, -0.2) is 4.79 Å². The van der Waals surface area contributed by atoms with E-state index in [-0.39, 0.29) is 0 Å². The lowest BCUT2D eigenvalue weighted by Gasteiger charge is -2.30. The largest absolute Gasteiger partial charge is 0.479 e. The van der Waals surface area contributed by atoms with Gasteiger partial charge in [0.2, 0.25) is 0 Å². The Morgan fingerprint density at radius 3 is 2.14 bits per heavy atom. The minimum absolute atomic E-state index is 0.378. The molecule has 4 rings (SSSR count). The molecule has 1 N–H and O–H groups in total. The first-order chi connectivity index (χ1) is 16.3. The molecule has 0 radical (unpaired) electrons. The Labute approximate surface area is 211 Å². The monoisotopic (exact) mass is 478 g/mol. The highest BCUT2D eigenvalue weighted by molar-refractivity contribution is 5.84. The van der Waals surface area contributed by atoms with Crippen molar-refractivity contribution in [3.63, 3.8) is 0 Å². The fraction of sp³-hybridized carbons (Fsp3) is 0.567. The summed E-state index contributed by atoms with van der Waals surface area (Å²) in [6.07, 6.45) is 0.210. The predicted octanol–water partition coefficient (Wildman–Crippen LogP) is 6.22. The molecule has 0 aliphatic carbocycles. The van der Waals surface area contributed by atoms with Crippen molar-refractivity contribution in [3.05, 3.63) is 57.6 Å². The van der Waals surface area contributed by atoms with Crippen LogP contribution in [0.3, 0.4) is 0 Å². The van der Waals surface area contributed by atoms with E-state index in [1.54, 1.807) is 0 Å². The minimum Gasteiger partial charge on any atom is -0.479 e. The van der Waals surface area contributed by atoms with Crippen molar-refractivity contribution in [2.75, 3.05) is 19.8 Å². The molecule has 0 aromatic heterocycles. The first-order valence-corrected chi connectivity index (χ1v) is 12.8. The molecular formula is C30H42N2O3. The van der Waals surface area contributed by atoms with E-state index in [0.29, 0.717) is 5.41 Å². The first kappa shape index (κ1) is 25.9. The lowest BCUT2D eigenvalue weighted by atomic mass is 9.83. The SMILES string of the molecule is Cc1ccc(-c2c(C)c3c(c(C)c2[C@H](OC(C)(C)C)C(=O)O)CN(CN2CCC(C)(C)C2)C3)cc1. The highest BCUT2D eigenvalue weighted by Crippen LogP contribution is 2.44. The van der Waals surface area contributed by atoms with E-state index in [1.165, 1.54) is 28.7 Å². The molecule has 5 heteroatoms. The van der Waals surface area contributed by atoms with Gasteiger partial charge in [-0.3, -0.25) is 9.80 Å². The molecule has 2 aromatic rings. The summed E-state index contributed by atoms with van der Waals surface area (Å²) in [5, 5.41) is 10.3. The van der Waals surface area contributed by atoms with Crippen LogP contribution < -0.4 is 0 Å². The van der Waals surface area contributed by atoms with Crippen LogP contribution in [0.1, 0.15) is 80.5 Å². The second kappa shape index (κ2) is 9.34. The highest BCUT2D eigenvalue weighted by Gasteiger charge is 2.36. The molecule has 2 aromatic carbocycles. The number of nitrogens with zero attached hydrogens (tertiary/aromatic N) is 2. The van der Waals surface area contributed by atoms with Crippen LogP contribution in [-0.4, -0.2) is 46.2 Å². The number of likely N-dealkylation sites (tertiary alicyclic amines) is 1. The zero-order valence-corrected chi connectivity index (χ0v) is 22.8. The van der Waals surface area contributed by atoms with E-state index < -0.39 is 17.7 Å². The van der Waals surface area contributed by atoms with E-state index in [4.69, 9.17) is 4.74 Å². The van der Waals surface area contributed by atoms with Gasteiger partial charge in [-0.15, -0.1) is 0 Å². The lowest BCUT2D eigenvalue weighted by molar-refractivity contribution is -0.160. The maximum absolute atomic E-state index is 12.6. The predicted molar refractivity (Wildman–Crippen MR) is 141 cm³/mol. The summed E-state index contributed by atoms with van der Waals surface area (Å²) in [5.41, 5.74) is 8.71. The van der Waals surface area contributed by atoms with Crippen LogP contribution in [0.5, 0.6) is 0 Å². The second-order valence-electron chi connectivity index (χ2n) is 12.4. The number of benzene rings is 2. The lowest BCUT2D eigenvalue weighted by Crippen LogP contribution is -2.34. The van der Waals surface area contributed by atoms with Gasteiger partial charge < -0.3 is 9.84 Å². The Morgan fingerprint density at radius 1 is 1.03 bits per heavy atom. The van der Waals surface area contributed by atoms with Crippen LogP contribution in [0.2, 0.25) is 0 Å². The number of rotatable bonds is 6. The molecule has 35 heavy (non-hydrogen) atoms. The standard InChI is InChI=1S/C30H42N2O3/c1-19-9-11-22(12-10-19)25-20(2)23-15-32(18-31-14-13-30(7,8)17-31)16-24(23)21(3)26(25)27(28(33)34)35-29(4,5)6/h9-12,27H,13-18H2,1-8H3,(H,33,34)/t27-/m0/s1. The number of hydrogen-bond donors (Lipinski definition) is 1. The van der Waals surface area contributed by atoms with Crippen LogP contribution in [0.15, 0.2) is 24.3 Å². The summed E-state index contributed by atoms with van der Waals surface area (Å²) in [4.78, 5) is 17.7. The number of carboxylic acids is 1. The Kier molecular flexibility index (Phi) is 6.91. The Balaban J connectivity index is 1.80. The Bertz CT molecular complexity index is 1110. The van der Waals surface area contributed by atoms with Gasteiger partial charge in [-0.1, -0.05) is 43.7 Å². The van der Waals surface area contributed by atoms with Gasteiger partial charge in [-0.05, 0) is 93.3 Å². The number of aryl methyl sites for hydroxylation is 1. The molecule has 0 unspecified atom stereocenters. The van der Waals surface area contributed by atoms with Crippen LogP contribution in [0, 0.1) is 26.2 Å². The first-order valence-electron chi connectivity index (χ1n) is 12.8. The van der Waals surface area contributed by atoms with Crippen molar-refractivity contribution in [2.45, 2.75) is 86.6 Å². The van der Waals surface area contributed by atoms with E-state index >= 15 is 0 Å². The van der Waals surface area contributed by atoms with Gasteiger partial charge in [0.1, 0.15) is 0 Å². The van der Waals surface area contributed by atoms with Gasteiger partial charge in [0.15, 0.2) is 6.10 Å². The fourth-order valence-corrected chi connectivity index (χ4v) is 5.82. The van der Waals surface area contributed by atoms with Crippen molar-refractivity contribution >= 4 is 5.97 Å². The van der Waals surface area contributed by atoms with E-state index in [9.17, 15) is 9.90 Å². The second-order valence-corrected chi connectivity index (χ2v) is 12.4. The number of hydrogen-bond acceptors (Lipinski definition) is 4. The molecule has 2 aliphatic rings. The van der Waals surface area contributed by atoms with Gasteiger partial charge in [0.05, 0.1) is 12.3 Å². The van der Waals surface area contributed by atoms with Crippen LogP contribution in [0.4, 0.5) is 0 Å². The number of ether oxygens (including phenoxy) is 1. The molecule has 0 amide bonds. The molecule has 1 atom stereocenters. The van der Waals surface area contributed by atoms with Gasteiger partial charge in [0, 0.05) is 25.2 Å². The van der Waals surface area contributed by atoms with Crippen molar-refractivity contribution < 1.29 is 14.6 Å². The molecule has 2 aliphatic heterocycles. The summed E-state index contributed by atoms with van der Waals surface area (Å²) in [7, 11) is 0. The normalized spacial score (nSPS) is 19.2. The van der Waals surface area contributed by atoms with Crippen molar-refractivity contribution in [2.24, 2.45) is 5.41 Å². The van der Waals surface area contributed by atoms with Crippen LogP contribution in [0.25, 0.3) is 11.1 Å². The Morgan fingerprint density at radius 2 is 1.63 bits per heavy atom. The minimum atomic E-state index is -1.02. The smallest absolute Gasteiger partial charge is 0.337 e. The molecule has 0 spiro atoms. The zero-order chi connectivity index (χ0) is 25.7. The average Bonchev–Trinajstić information content (AvgIpc) is 3.32. The van der Waals surface area contributed by atoms with Crippen molar-refractivity contribution in [1.29, 1.82) is 0 Å². The van der Waals surface area contributed by atoms with E-state index in [0.717, 1.165) is 55.1 Å². The van der Waals surface area contributed by atoms with Crippen molar-refractivity contribution in [3.8, 4) is 11.1 Å². The Hall–Kier alpha value is -2.21. The average molecular weight is 479 g/mol. The highest BCUT2D eigenvalue weighted by atomic mass is 16.5. The topological polar surface area (TPSA) is 53.0 Å². The summed E-state index contributed by atoms with van der Waals surface area (Å²) in [6, 6.07) is 8.43. The third kappa shape index (κ3) is 5.47. The third-order valence-electron chi connectivity index (χ3n) is 7.54. The quantitative estimate of drug-likeness (QED) is 0.534. The number of aliphatic carboxylic acids is 1. The fourth-order valence-electron chi connectivity index (χ4n) is 5.82. The summed E-state index contributed by atoms with van der Waals surface area (Å²) < 4.78 is 6.20. The maximum Gasteiger partial charge on any atom is 0.337 e. The molecule has 0 bridgehead atoms. The number of fused-ring (bicyclic) bond motifs is 1. The summed E-state index contributed by atoms with van der Waals surface area (Å²) >= 11 is 0. The van der Waals surface area contributed by atoms with E-state index in [2.05, 4.69) is 68.7 Å². The molecule has 2 heterocycles. The molecular weight excluding hydrogens is 436 g/mol. The third-order valence-corrected chi connectivity index (χ3v) is 7.54. The molecule has 0 saturated carbocycles. The summed E-state index contributed by atoms with van der Waals surface area (Å²) in [6.45, 7) is 21.7. The number of carbonyl (C=O) groups is 1. The molecule has 1 saturated heterocycles. The van der Waals surface area contributed by atoms with Gasteiger partial charge >= 0.3 is 5.97 Å². The molecule has 190 valence electrons. The maximum atomic E-state index is 12.6.